The molecule has 27 heavy (non-hydrogen) atoms. The quantitative estimate of drug-likeness (QED) is 0.869. The molecule has 0 saturated carbocycles. The number of hydrogen-bond donors (Lipinski definition) is 1. The second kappa shape index (κ2) is 8.40. The van der Waals surface area contributed by atoms with Gasteiger partial charge in [0.25, 0.3) is 0 Å². The van der Waals surface area contributed by atoms with Gasteiger partial charge in [0, 0.05) is 44.8 Å². The average molecular weight is 393 g/mol. The van der Waals surface area contributed by atoms with Crippen molar-refractivity contribution < 1.29 is 9.18 Å². The van der Waals surface area contributed by atoms with E-state index in [0.717, 1.165) is 43.5 Å². The lowest BCUT2D eigenvalue weighted by molar-refractivity contribution is -0.136. The summed E-state index contributed by atoms with van der Waals surface area (Å²) in [7, 11) is 1.90. The first-order valence-corrected chi connectivity index (χ1v) is 9.36. The molecule has 1 amide bonds. The molecule has 0 bridgehead atoms. The molecule has 1 unspecified atom stereocenters. The summed E-state index contributed by atoms with van der Waals surface area (Å²) in [4.78, 5) is 15.3. The van der Waals surface area contributed by atoms with Crippen molar-refractivity contribution in [1.82, 2.24) is 20.0 Å². The van der Waals surface area contributed by atoms with Crippen molar-refractivity contribution in [3.05, 3.63) is 53.6 Å². The molecule has 2 fully saturated rings. The molecule has 7 heteroatoms. The van der Waals surface area contributed by atoms with Crippen LogP contribution in [-0.4, -0.2) is 46.3 Å². The van der Waals surface area contributed by atoms with E-state index in [0.29, 0.717) is 6.54 Å². The van der Waals surface area contributed by atoms with Crippen LogP contribution in [-0.2, 0) is 18.3 Å². The summed E-state index contributed by atoms with van der Waals surface area (Å²) in [6.07, 6.45) is 6.60. The second-order valence-electron chi connectivity index (χ2n) is 7.48. The number of aryl methyl sites for hydroxylation is 1. The van der Waals surface area contributed by atoms with Crippen LogP contribution in [0.3, 0.4) is 0 Å². The Bertz CT molecular complexity index is 796. The van der Waals surface area contributed by atoms with E-state index in [4.69, 9.17) is 0 Å². The molecule has 3 atom stereocenters. The van der Waals surface area contributed by atoms with Gasteiger partial charge in [0.15, 0.2) is 0 Å². The molecule has 3 heterocycles. The fourth-order valence-electron chi connectivity index (χ4n) is 4.41. The minimum atomic E-state index is -0.213. The number of likely N-dealkylation sites (tertiary alicyclic amines) is 1. The highest BCUT2D eigenvalue weighted by Gasteiger charge is 2.40. The maximum Gasteiger partial charge on any atom is 0.227 e. The Balaban J connectivity index is 0.00000210. The standard InChI is InChI=1S/C20H25FN4O.ClH/c1-24-13-15(10-23-24)18-11-22-12-19(18)20(26)25-7-3-6-17(25)9-14-4-2-5-16(21)8-14;/h2,4-5,8,10,13,17-19,22H,3,6-7,9,11-12H2,1H3;1H/t17?,18-,19+;/m1./s1. The summed E-state index contributed by atoms with van der Waals surface area (Å²) in [5.74, 6) is 0.136. The van der Waals surface area contributed by atoms with Crippen LogP contribution < -0.4 is 5.32 Å². The van der Waals surface area contributed by atoms with E-state index >= 15 is 0 Å². The van der Waals surface area contributed by atoms with Crippen molar-refractivity contribution in [2.75, 3.05) is 19.6 Å². The van der Waals surface area contributed by atoms with Gasteiger partial charge in [-0.1, -0.05) is 12.1 Å². The maximum atomic E-state index is 13.5. The highest BCUT2D eigenvalue weighted by Crippen LogP contribution is 2.32. The van der Waals surface area contributed by atoms with Gasteiger partial charge in [0.05, 0.1) is 12.1 Å². The van der Waals surface area contributed by atoms with Crippen molar-refractivity contribution in [2.24, 2.45) is 13.0 Å². The fourth-order valence-corrected chi connectivity index (χ4v) is 4.41. The van der Waals surface area contributed by atoms with Gasteiger partial charge >= 0.3 is 0 Å². The van der Waals surface area contributed by atoms with Crippen molar-refractivity contribution in [2.45, 2.75) is 31.2 Å². The Morgan fingerprint density at radius 3 is 2.96 bits per heavy atom. The van der Waals surface area contributed by atoms with E-state index < -0.39 is 0 Å². The molecule has 2 aliphatic rings. The Labute approximate surface area is 165 Å². The van der Waals surface area contributed by atoms with Gasteiger partial charge in [-0.3, -0.25) is 9.48 Å². The average Bonchev–Trinajstić information content (AvgIpc) is 3.34. The number of hydrogen-bond acceptors (Lipinski definition) is 3. The highest BCUT2D eigenvalue weighted by molar-refractivity contribution is 5.85. The van der Waals surface area contributed by atoms with Gasteiger partial charge in [-0.25, -0.2) is 4.39 Å². The van der Waals surface area contributed by atoms with Crippen LogP contribution in [0.25, 0.3) is 0 Å². The van der Waals surface area contributed by atoms with Gasteiger partial charge in [-0.15, -0.1) is 12.4 Å². The number of carbonyl (C=O) groups is 1. The molecular formula is C20H26ClFN4O. The number of amides is 1. The third-order valence-corrected chi connectivity index (χ3v) is 5.70. The van der Waals surface area contributed by atoms with E-state index in [1.54, 1.807) is 16.8 Å². The first kappa shape index (κ1) is 19.8. The molecule has 4 rings (SSSR count). The number of nitrogens with zero attached hydrogens (tertiary/aromatic N) is 3. The van der Waals surface area contributed by atoms with Crippen molar-refractivity contribution in [3.8, 4) is 0 Å². The summed E-state index contributed by atoms with van der Waals surface area (Å²) in [5.41, 5.74) is 2.08. The van der Waals surface area contributed by atoms with Gasteiger partial charge < -0.3 is 10.2 Å². The Kier molecular flexibility index (Phi) is 6.17. The number of aromatic nitrogens is 2. The number of benzene rings is 1. The summed E-state index contributed by atoms with van der Waals surface area (Å²) < 4.78 is 15.3. The van der Waals surface area contributed by atoms with Crippen LogP contribution in [0.5, 0.6) is 0 Å². The van der Waals surface area contributed by atoms with E-state index in [2.05, 4.69) is 10.4 Å². The zero-order chi connectivity index (χ0) is 18.1. The number of carbonyl (C=O) groups excluding carboxylic acids is 1. The summed E-state index contributed by atoms with van der Waals surface area (Å²) >= 11 is 0. The zero-order valence-corrected chi connectivity index (χ0v) is 16.3. The van der Waals surface area contributed by atoms with Gasteiger partial charge in [-0.2, -0.15) is 5.10 Å². The summed E-state index contributed by atoms with van der Waals surface area (Å²) in [6, 6.07) is 6.89. The largest absolute Gasteiger partial charge is 0.339 e. The first-order valence-electron chi connectivity index (χ1n) is 9.36. The third-order valence-electron chi connectivity index (χ3n) is 5.70. The maximum absolute atomic E-state index is 13.5. The van der Waals surface area contributed by atoms with Gasteiger partial charge in [0.2, 0.25) is 5.91 Å². The normalized spacial score (nSPS) is 24.8. The topological polar surface area (TPSA) is 50.2 Å². The second-order valence-corrected chi connectivity index (χ2v) is 7.48. The van der Waals surface area contributed by atoms with E-state index in [1.165, 1.54) is 6.07 Å². The van der Waals surface area contributed by atoms with Gasteiger partial charge in [0.1, 0.15) is 5.82 Å². The van der Waals surface area contributed by atoms with Crippen LogP contribution in [0.1, 0.15) is 29.9 Å². The smallest absolute Gasteiger partial charge is 0.227 e. The fraction of sp³-hybridized carbons (Fsp3) is 0.500. The molecule has 5 nitrogen and oxygen atoms in total. The third kappa shape index (κ3) is 4.17. The Morgan fingerprint density at radius 1 is 1.37 bits per heavy atom. The predicted molar refractivity (Wildman–Crippen MR) is 104 cm³/mol. The highest BCUT2D eigenvalue weighted by atomic mass is 35.5. The summed E-state index contributed by atoms with van der Waals surface area (Å²) in [5, 5.41) is 7.63. The minimum absolute atomic E-state index is 0. The molecule has 2 aromatic rings. The Hall–Kier alpha value is -1.92. The summed E-state index contributed by atoms with van der Waals surface area (Å²) in [6.45, 7) is 2.32. The van der Waals surface area contributed by atoms with Crippen LogP contribution in [0.2, 0.25) is 0 Å². The number of rotatable bonds is 4. The predicted octanol–water partition coefficient (Wildman–Crippen LogP) is 2.52. The molecule has 0 aliphatic carbocycles. The van der Waals surface area contributed by atoms with Crippen LogP contribution in [0.4, 0.5) is 4.39 Å². The molecule has 2 saturated heterocycles. The minimum Gasteiger partial charge on any atom is -0.339 e. The SMILES string of the molecule is Cl.Cn1cc([C@H]2CNC[C@@H]2C(=O)N2CCCC2Cc2cccc(F)c2)cn1. The molecule has 2 aliphatic heterocycles. The molecule has 1 N–H and O–H groups in total. The van der Waals surface area contributed by atoms with Crippen molar-refractivity contribution >= 4 is 18.3 Å². The van der Waals surface area contributed by atoms with Crippen LogP contribution in [0, 0.1) is 11.7 Å². The van der Waals surface area contributed by atoms with E-state index in [-0.39, 0.29) is 42.0 Å². The van der Waals surface area contributed by atoms with Crippen molar-refractivity contribution in [3.63, 3.8) is 0 Å². The molecule has 0 spiro atoms. The Morgan fingerprint density at radius 2 is 2.22 bits per heavy atom. The molecule has 1 aromatic heterocycles. The van der Waals surface area contributed by atoms with E-state index in [1.807, 2.05) is 30.4 Å². The van der Waals surface area contributed by atoms with Crippen LogP contribution in [0.15, 0.2) is 36.7 Å². The zero-order valence-electron chi connectivity index (χ0n) is 15.5. The molecular weight excluding hydrogens is 367 g/mol. The monoisotopic (exact) mass is 392 g/mol. The number of nitrogens with one attached hydrogen (secondary N) is 1. The van der Waals surface area contributed by atoms with Crippen LogP contribution >= 0.6 is 12.4 Å². The van der Waals surface area contributed by atoms with Gasteiger partial charge in [-0.05, 0) is 42.5 Å². The molecule has 146 valence electrons. The molecule has 1 aromatic carbocycles. The molecule has 0 radical (unpaired) electrons. The lowest BCUT2D eigenvalue weighted by atomic mass is 9.89. The van der Waals surface area contributed by atoms with E-state index in [9.17, 15) is 9.18 Å². The number of halogens is 2. The lowest BCUT2D eigenvalue weighted by Gasteiger charge is -2.29. The van der Waals surface area contributed by atoms with Crippen molar-refractivity contribution in [1.29, 1.82) is 0 Å². The lowest BCUT2D eigenvalue weighted by Crippen LogP contribution is -2.42. The first-order chi connectivity index (χ1) is 12.6.